The van der Waals surface area contributed by atoms with E-state index in [2.05, 4.69) is 53.0 Å². The Balaban J connectivity index is -0.000000803. The molecule has 0 aromatic rings. The van der Waals surface area contributed by atoms with Gasteiger partial charge in [-0.2, -0.15) is 25.3 Å². The molecule has 0 N–H and O–H groups in total. The van der Waals surface area contributed by atoms with Crippen molar-refractivity contribution in [2.24, 2.45) is 0 Å². The number of hydrogen-bond acceptors (Lipinski definition) is 6. The van der Waals surface area contributed by atoms with Gasteiger partial charge < -0.3 is 19.8 Å². The van der Waals surface area contributed by atoms with Crippen molar-refractivity contribution in [3.8, 4) is 0 Å². The molecule has 0 saturated carbocycles. The molecule has 0 saturated heterocycles. The van der Waals surface area contributed by atoms with Gasteiger partial charge in [-0.05, 0) is 12.8 Å². The third kappa shape index (κ3) is 62.8. The zero-order valence-corrected chi connectivity index (χ0v) is 44.9. The first kappa shape index (κ1) is 63.7. The molecule has 0 fully saturated rings. The fourth-order valence-corrected chi connectivity index (χ4v) is 11.4. The van der Waals surface area contributed by atoms with Crippen molar-refractivity contribution < 1.29 is 19.8 Å². The number of thiol groups is 2. The number of unbranched alkanes of at least 4 members (excludes halogenated alkanes) is 36. The zero-order chi connectivity index (χ0) is 44.1. The first-order valence-corrected chi connectivity index (χ1v) is 31.3. The van der Waals surface area contributed by atoms with Crippen LogP contribution in [-0.2, 0) is 9.59 Å². The summed E-state index contributed by atoms with van der Waals surface area (Å²) in [6, 6.07) is 0. The third-order valence-corrected chi connectivity index (χ3v) is 16.6. The first-order chi connectivity index (χ1) is 28.8. The van der Waals surface area contributed by atoms with Gasteiger partial charge >= 0.3 is 121 Å². The molecular formula is C52H104O4S2Sn. The average molecular weight is 976 g/mol. The van der Waals surface area contributed by atoms with Crippen LogP contribution in [0.4, 0.5) is 0 Å². The predicted molar refractivity (Wildman–Crippen MR) is 268 cm³/mol. The fraction of sp³-hybridized carbons (Fsp3) is 0.962. The summed E-state index contributed by atoms with van der Waals surface area (Å²) in [7, 11) is 0. The van der Waals surface area contributed by atoms with Gasteiger partial charge in [0.1, 0.15) is 0 Å². The Morgan fingerprint density at radius 1 is 0.322 bits per heavy atom. The van der Waals surface area contributed by atoms with E-state index in [0.29, 0.717) is 12.8 Å². The SMILES string of the molecule is CCCCCCCCCCCCCCCCC(S)C(=O)[O-].CCCCCCCCCCCCCCCCC(S)C(=O)[O-].CCCCCCC[CH2][Sn+2][CH2]CCCCCCC. The van der Waals surface area contributed by atoms with Gasteiger partial charge in [0.05, 0.1) is 11.9 Å². The van der Waals surface area contributed by atoms with Crippen molar-refractivity contribution in [1.29, 1.82) is 0 Å². The molecule has 0 aromatic carbocycles. The maximum atomic E-state index is 10.5. The quantitative estimate of drug-likeness (QED) is 0.0362. The van der Waals surface area contributed by atoms with Crippen LogP contribution >= 0.6 is 25.3 Å². The van der Waals surface area contributed by atoms with Crippen molar-refractivity contribution in [1.82, 2.24) is 0 Å². The van der Waals surface area contributed by atoms with E-state index in [-0.39, 0.29) is 21.1 Å². The fourth-order valence-electron chi connectivity index (χ4n) is 7.49. The first-order valence-electron chi connectivity index (χ1n) is 26.3. The van der Waals surface area contributed by atoms with Gasteiger partial charge in [0.25, 0.3) is 0 Å². The van der Waals surface area contributed by atoms with Gasteiger partial charge in [-0.25, -0.2) is 0 Å². The summed E-state index contributed by atoms with van der Waals surface area (Å²) in [6.07, 6.45) is 56.1. The molecular weight excluding hydrogens is 871 g/mol. The molecule has 0 aromatic heterocycles. The summed E-state index contributed by atoms with van der Waals surface area (Å²) >= 11 is 8.03. The van der Waals surface area contributed by atoms with Crippen molar-refractivity contribution in [2.45, 2.75) is 317 Å². The van der Waals surface area contributed by atoms with Crippen LogP contribution in [0.25, 0.3) is 0 Å². The predicted octanol–water partition coefficient (Wildman–Crippen LogP) is 16.1. The van der Waals surface area contributed by atoms with Gasteiger partial charge in [0, 0.05) is 10.5 Å². The Morgan fingerprint density at radius 3 is 0.678 bits per heavy atom. The summed E-state index contributed by atoms with van der Waals surface area (Å²) in [5.74, 6) is -2.07. The minimum atomic E-state index is -1.03. The van der Waals surface area contributed by atoms with Gasteiger partial charge in [-0.15, -0.1) is 0 Å². The number of carbonyl (C=O) groups excluding carboxylic acids is 2. The minimum absolute atomic E-state index is 0.0736. The van der Waals surface area contributed by atoms with Crippen molar-refractivity contribution >= 4 is 58.3 Å². The van der Waals surface area contributed by atoms with E-state index < -0.39 is 22.4 Å². The van der Waals surface area contributed by atoms with Crippen molar-refractivity contribution in [2.75, 3.05) is 0 Å². The Morgan fingerprint density at radius 2 is 0.492 bits per heavy atom. The number of carboxylic acid groups (broad SMARTS) is 2. The van der Waals surface area contributed by atoms with Crippen LogP contribution in [0.2, 0.25) is 8.87 Å². The van der Waals surface area contributed by atoms with Crippen LogP contribution in [0.1, 0.15) is 297 Å². The van der Waals surface area contributed by atoms with Crippen LogP contribution in [0.3, 0.4) is 0 Å². The van der Waals surface area contributed by atoms with Crippen LogP contribution in [-0.4, -0.2) is 43.6 Å². The summed E-state index contributed by atoms with van der Waals surface area (Å²) in [5.41, 5.74) is 0. The number of carbonyl (C=O) groups is 2. The molecule has 0 aliphatic carbocycles. The normalized spacial score (nSPS) is 11.9. The molecule has 0 heterocycles. The Kier molecular flexibility index (Phi) is 63.1. The number of hydrogen-bond donors (Lipinski definition) is 2. The molecule has 0 rings (SSSR count). The molecule has 0 aliphatic heterocycles. The Labute approximate surface area is 392 Å². The van der Waals surface area contributed by atoms with Crippen LogP contribution in [0.15, 0.2) is 0 Å². The standard InChI is InChI=1S/2C18H36O2S.2C8H17.Sn/c2*1-2-3-4-5-6-7-8-9-10-11-12-13-14-15-16-17(21)18(19)20;2*1-3-5-7-8-6-4-2;/h2*17,21H,2-16H2,1H3,(H,19,20);2*1,3-8H2,2H3;/q;;;;+2/p-2. The van der Waals surface area contributed by atoms with Crippen LogP contribution < -0.4 is 10.2 Å². The third-order valence-electron chi connectivity index (χ3n) is 11.6. The molecule has 4 nitrogen and oxygen atoms in total. The second-order valence-electron chi connectivity index (χ2n) is 17.7. The molecule has 0 amide bonds. The van der Waals surface area contributed by atoms with E-state index in [1.54, 1.807) is 21.7 Å². The molecule has 0 aliphatic rings. The monoisotopic (exact) mass is 977 g/mol. The van der Waals surface area contributed by atoms with Crippen LogP contribution in [0.5, 0.6) is 0 Å². The van der Waals surface area contributed by atoms with Crippen molar-refractivity contribution in [3.63, 3.8) is 0 Å². The molecule has 7 heteroatoms. The molecule has 352 valence electrons. The molecule has 0 bridgehead atoms. The van der Waals surface area contributed by atoms with E-state index in [1.807, 2.05) is 0 Å². The molecule has 0 spiro atoms. The zero-order valence-electron chi connectivity index (χ0n) is 40.3. The topological polar surface area (TPSA) is 80.3 Å². The molecule has 2 atom stereocenters. The summed E-state index contributed by atoms with van der Waals surface area (Å²) < 4.78 is 3.31. The number of rotatable bonds is 46. The van der Waals surface area contributed by atoms with Gasteiger partial charge in [0.2, 0.25) is 0 Å². The van der Waals surface area contributed by atoms with E-state index in [0.717, 1.165) is 25.7 Å². The maximum absolute atomic E-state index is 10.5. The van der Waals surface area contributed by atoms with E-state index in [4.69, 9.17) is 0 Å². The van der Waals surface area contributed by atoms with E-state index >= 15 is 0 Å². The van der Waals surface area contributed by atoms with Crippen molar-refractivity contribution in [3.05, 3.63) is 0 Å². The van der Waals surface area contributed by atoms with E-state index in [1.165, 1.54) is 218 Å². The second-order valence-corrected chi connectivity index (χ2v) is 23.3. The Bertz CT molecular complexity index is 724. The molecule has 59 heavy (non-hydrogen) atoms. The molecule has 0 radical (unpaired) electrons. The number of aliphatic carboxylic acids is 2. The summed E-state index contributed by atoms with van der Waals surface area (Å²) in [5, 5.41) is 19.8. The van der Waals surface area contributed by atoms with Crippen LogP contribution in [0, 0.1) is 0 Å². The van der Waals surface area contributed by atoms with E-state index in [9.17, 15) is 19.8 Å². The average Bonchev–Trinajstić information content (AvgIpc) is 3.23. The van der Waals surface area contributed by atoms with Gasteiger partial charge in [-0.3, -0.25) is 0 Å². The Hall–Kier alpha value is 0.439. The molecule has 2 unspecified atom stereocenters. The summed E-state index contributed by atoms with van der Waals surface area (Å²) in [6.45, 7) is 9.13. The van der Waals surface area contributed by atoms with Gasteiger partial charge in [0.15, 0.2) is 0 Å². The number of carboxylic acids is 2. The van der Waals surface area contributed by atoms with Gasteiger partial charge in [-0.1, -0.05) is 194 Å². The second kappa shape index (κ2) is 58.4. The summed E-state index contributed by atoms with van der Waals surface area (Å²) in [4.78, 5) is 21.0.